The van der Waals surface area contributed by atoms with Gasteiger partial charge in [-0.1, -0.05) is 31.0 Å². The molecular formula is C21H25FN4O. The van der Waals surface area contributed by atoms with Crippen LogP contribution in [0.2, 0.25) is 0 Å². The lowest BCUT2D eigenvalue weighted by molar-refractivity contribution is -0.129. The second-order valence-corrected chi connectivity index (χ2v) is 8.49. The molecule has 1 amide bonds. The third-order valence-corrected chi connectivity index (χ3v) is 6.75. The highest BCUT2D eigenvalue weighted by Crippen LogP contribution is 2.54. The summed E-state index contributed by atoms with van der Waals surface area (Å²) in [6.45, 7) is 1.45. The number of aromatic nitrogens is 3. The van der Waals surface area contributed by atoms with Crippen molar-refractivity contribution < 1.29 is 9.18 Å². The molecule has 1 aromatic heterocycles. The summed E-state index contributed by atoms with van der Waals surface area (Å²) in [4.78, 5) is 14.9. The number of hydrogen-bond acceptors (Lipinski definition) is 3. The zero-order valence-corrected chi connectivity index (χ0v) is 15.5. The van der Waals surface area contributed by atoms with E-state index in [9.17, 15) is 9.18 Å². The largest absolute Gasteiger partial charge is 0.341 e. The van der Waals surface area contributed by atoms with Crippen molar-refractivity contribution in [3.8, 4) is 0 Å². The Kier molecular flexibility index (Phi) is 4.02. The quantitative estimate of drug-likeness (QED) is 0.830. The summed E-state index contributed by atoms with van der Waals surface area (Å²) in [5.41, 5.74) is 0.595. The van der Waals surface area contributed by atoms with Crippen LogP contribution in [0.25, 0.3) is 0 Å². The third kappa shape index (κ3) is 2.95. The molecule has 1 saturated heterocycles. The number of hydrogen-bond donors (Lipinski definition) is 0. The summed E-state index contributed by atoms with van der Waals surface area (Å²) in [7, 11) is 0. The number of halogens is 1. The van der Waals surface area contributed by atoms with Crippen LogP contribution in [0.1, 0.15) is 61.9 Å². The number of likely N-dealkylation sites (tertiary alicyclic amines) is 1. The normalized spacial score (nSPS) is 24.0. The molecule has 2 aliphatic carbocycles. The Morgan fingerprint density at radius 3 is 2.74 bits per heavy atom. The molecule has 2 aromatic rings. The number of benzene rings is 1. The zero-order chi connectivity index (χ0) is 18.4. The van der Waals surface area contributed by atoms with Gasteiger partial charge in [-0.05, 0) is 42.7 Å². The Morgan fingerprint density at radius 2 is 2.00 bits per heavy atom. The van der Waals surface area contributed by atoms with Crippen LogP contribution in [0.4, 0.5) is 4.39 Å². The molecule has 1 unspecified atom stereocenters. The first kappa shape index (κ1) is 16.9. The average molecular weight is 368 g/mol. The van der Waals surface area contributed by atoms with Crippen molar-refractivity contribution >= 4 is 5.91 Å². The van der Waals surface area contributed by atoms with Crippen LogP contribution in [0.3, 0.4) is 0 Å². The molecule has 1 atom stereocenters. The van der Waals surface area contributed by atoms with E-state index in [4.69, 9.17) is 0 Å². The van der Waals surface area contributed by atoms with Crippen molar-refractivity contribution in [1.29, 1.82) is 0 Å². The molecule has 27 heavy (non-hydrogen) atoms. The van der Waals surface area contributed by atoms with Gasteiger partial charge >= 0.3 is 0 Å². The highest BCUT2D eigenvalue weighted by atomic mass is 19.1. The Balaban J connectivity index is 1.40. The molecule has 3 fully saturated rings. The third-order valence-electron chi connectivity index (χ3n) is 6.75. The molecular weight excluding hydrogens is 343 g/mol. The van der Waals surface area contributed by atoms with Gasteiger partial charge in [0.15, 0.2) is 0 Å². The summed E-state index contributed by atoms with van der Waals surface area (Å²) in [5, 5.41) is 8.68. The van der Waals surface area contributed by atoms with Gasteiger partial charge in [0.1, 0.15) is 18.0 Å². The van der Waals surface area contributed by atoms with Crippen molar-refractivity contribution in [3.63, 3.8) is 0 Å². The number of rotatable bonds is 4. The topological polar surface area (TPSA) is 51.0 Å². The molecule has 5 nitrogen and oxygen atoms in total. The molecule has 142 valence electrons. The fraction of sp³-hybridized carbons (Fsp3) is 0.571. The maximum atomic E-state index is 14.0. The van der Waals surface area contributed by atoms with Crippen LogP contribution < -0.4 is 0 Å². The van der Waals surface area contributed by atoms with Gasteiger partial charge in [-0.3, -0.25) is 4.79 Å². The second kappa shape index (κ2) is 6.43. The summed E-state index contributed by atoms with van der Waals surface area (Å²) in [6, 6.07) is 7.11. The number of amides is 1. The van der Waals surface area contributed by atoms with Crippen LogP contribution in [0, 0.1) is 11.2 Å². The predicted molar refractivity (Wildman–Crippen MR) is 98.6 cm³/mol. The summed E-state index contributed by atoms with van der Waals surface area (Å²) in [6.07, 6.45) is 9.08. The first-order chi connectivity index (χ1) is 13.2. The molecule has 2 saturated carbocycles. The van der Waals surface area contributed by atoms with Crippen LogP contribution in [0.15, 0.2) is 30.6 Å². The summed E-state index contributed by atoms with van der Waals surface area (Å²) in [5.74, 6) is 1.02. The monoisotopic (exact) mass is 368 g/mol. The van der Waals surface area contributed by atoms with E-state index in [0.717, 1.165) is 25.2 Å². The van der Waals surface area contributed by atoms with Gasteiger partial charge < -0.3 is 9.47 Å². The van der Waals surface area contributed by atoms with Crippen molar-refractivity contribution in [1.82, 2.24) is 19.7 Å². The molecule has 1 aromatic carbocycles. The first-order valence-corrected chi connectivity index (χ1v) is 10.1. The molecule has 0 N–H and O–H groups in total. The van der Waals surface area contributed by atoms with Gasteiger partial charge in [-0.15, -0.1) is 10.2 Å². The second-order valence-electron chi connectivity index (χ2n) is 8.49. The fourth-order valence-electron chi connectivity index (χ4n) is 5.15. The predicted octanol–water partition coefficient (Wildman–Crippen LogP) is 3.48. The van der Waals surface area contributed by atoms with Gasteiger partial charge in [-0.2, -0.15) is 0 Å². The lowest BCUT2D eigenvalue weighted by Crippen LogP contribution is -2.32. The minimum atomic E-state index is -0.300. The minimum Gasteiger partial charge on any atom is -0.341 e. The smallest absolute Gasteiger partial charge is 0.227 e. The first-order valence-electron chi connectivity index (χ1n) is 10.1. The lowest BCUT2D eigenvalue weighted by Gasteiger charge is -2.29. The van der Waals surface area contributed by atoms with Crippen LogP contribution in [-0.4, -0.2) is 38.7 Å². The van der Waals surface area contributed by atoms with E-state index in [2.05, 4.69) is 14.8 Å². The van der Waals surface area contributed by atoms with Gasteiger partial charge in [0, 0.05) is 25.0 Å². The van der Waals surface area contributed by atoms with E-state index in [1.54, 1.807) is 18.2 Å². The molecule has 2 heterocycles. The number of carbonyl (C=O) groups is 1. The van der Waals surface area contributed by atoms with E-state index < -0.39 is 0 Å². The average Bonchev–Trinajstić information content (AvgIpc) is 3.09. The Morgan fingerprint density at radius 1 is 1.22 bits per heavy atom. The van der Waals surface area contributed by atoms with Crippen molar-refractivity contribution in [3.05, 3.63) is 47.8 Å². The molecule has 6 heteroatoms. The van der Waals surface area contributed by atoms with E-state index in [1.165, 1.54) is 31.7 Å². The molecule has 0 bridgehead atoms. The summed E-state index contributed by atoms with van der Waals surface area (Å²) < 4.78 is 16.2. The van der Waals surface area contributed by atoms with E-state index in [0.29, 0.717) is 18.2 Å². The van der Waals surface area contributed by atoms with Crippen LogP contribution in [-0.2, 0) is 11.2 Å². The molecule has 1 aliphatic heterocycles. The molecule has 1 spiro atoms. The van der Waals surface area contributed by atoms with Crippen molar-refractivity contribution in [2.75, 3.05) is 13.1 Å². The maximum Gasteiger partial charge on any atom is 0.227 e. The zero-order valence-electron chi connectivity index (χ0n) is 15.5. The lowest BCUT2D eigenvalue weighted by atomic mass is 9.76. The molecule has 3 aliphatic rings. The molecule has 5 rings (SSSR count). The SMILES string of the molecule is O=C(Cc1ccccc1F)N1CC(c2nncn2C2CC2)C2(CCCC2)C1. The van der Waals surface area contributed by atoms with Gasteiger partial charge in [-0.25, -0.2) is 4.39 Å². The van der Waals surface area contributed by atoms with E-state index in [-0.39, 0.29) is 29.5 Å². The van der Waals surface area contributed by atoms with Crippen molar-refractivity contribution in [2.24, 2.45) is 5.41 Å². The van der Waals surface area contributed by atoms with Gasteiger partial charge in [0.2, 0.25) is 5.91 Å². The highest BCUT2D eigenvalue weighted by Gasteiger charge is 2.52. The number of nitrogens with zero attached hydrogens (tertiary/aromatic N) is 4. The minimum absolute atomic E-state index is 0.0198. The molecule has 0 radical (unpaired) electrons. The number of carbonyl (C=O) groups excluding carboxylic acids is 1. The van der Waals surface area contributed by atoms with Crippen LogP contribution >= 0.6 is 0 Å². The highest BCUT2D eigenvalue weighted by molar-refractivity contribution is 5.79. The Bertz CT molecular complexity index is 853. The van der Waals surface area contributed by atoms with Crippen molar-refractivity contribution in [2.45, 2.75) is 56.9 Å². The Hall–Kier alpha value is -2.24. The standard InChI is InChI=1S/C21H25FN4O/c22-18-6-2-1-5-15(18)11-19(27)25-12-17(21(13-25)9-3-4-10-21)20-24-23-14-26(20)16-7-8-16/h1-2,5-6,14,16-17H,3-4,7-13H2. The van der Waals surface area contributed by atoms with E-state index in [1.807, 2.05) is 11.2 Å². The van der Waals surface area contributed by atoms with Gasteiger partial charge in [0.05, 0.1) is 6.42 Å². The van der Waals surface area contributed by atoms with E-state index >= 15 is 0 Å². The van der Waals surface area contributed by atoms with Crippen LogP contribution in [0.5, 0.6) is 0 Å². The summed E-state index contributed by atoms with van der Waals surface area (Å²) >= 11 is 0. The maximum absolute atomic E-state index is 14.0. The fourth-order valence-corrected chi connectivity index (χ4v) is 5.15. The Labute approximate surface area is 158 Å². The van der Waals surface area contributed by atoms with Gasteiger partial charge in [0.25, 0.3) is 0 Å².